The van der Waals surface area contributed by atoms with Gasteiger partial charge in [-0.2, -0.15) is 0 Å². The van der Waals surface area contributed by atoms with Crippen molar-refractivity contribution < 1.29 is 5.11 Å². The van der Waals surface area contributed by atoms with E-state index in [-0.39, 0.29) is 5.92 Å². The van der Waals surface area contributed by atoms with Crippen LogP contribution in [0.3, 0.4) is 0 Å². The van der Waals surface area contributed by atoms with Gasteiger partial charge in [-0.25, -0.2) is 0 Å². The zero-order valence-electron chi connectivity index (χ0n) is 10.3. The van der Waals surface area contributed by atoms with Gasteiger partial charge in [-0.1, -0.05) is 51.7 Å². The molecule has 0 fully saturated rings. The summed E-state index contributed by atoms with van der Waals surface area (Å²) in [4.78, 5) is 0. The van der Waals surface area contributed by atoms with Crippen molar-refractivity contribution in [2.24, 2.45) is 5.92 Å². The van der Waals surface area contributed by atoms with Crippen LogP contribution in [0, 0.1) is 5.92 Å². The molecule has 1 heteroatoms. The monoisotopic (exact) mass is 210 g/mol. The van der Waals surface area contributed by atoms with E-state index in [4.69, 9.17) is 0 Å². The van der Waals surface area contributed by atoms with Gasteiger partial charge in [0.25, 0.3) is 0 Å². The fraction of sp³-hybridized carbons (Fsp3) is 0.714. The molecule has 0 spiro atoms. The number of rotatable bonds is 9. The largest absolute Gasteiger partial charge is 0.389 e. The van der Waals surface area contributed by atoms with Crippen molar-refractivity contribution in [3.05, 3.63) is 25.3 Å². The number of hydrogen-bond donors (Lipinski definition) is 1. The molecule has 0 radical (unpaired) electrons. The maximum atomic E-state index is 10.6. The quantitative estimate of drug-likeness (QED) is 0.568. The van der Waals surface area contributed by atoms with Crippen molar-refractivity contribution in [1.82, 2.24) is 0 Å². The van der Waals surface area contributed by atoms with Crippen LogP contribution >= 0.6 is 0 Å². The Labute approximate surface area is 94.9 Å². The van der Waals surface area contributed by atoms with Gasteiger partial charge < -0.3 is 5.11 Å². The summed E-state index contributed by atoms with van der Waals surface area (Å²) in [5.41, 5.74) is -0.616. The standard InChI is InChI=1S/C14H26O/c1-5-9-11-14(15,12-10-6-2)13(7-3)8-4/h7-8,13,15H,3-6,9-12H2,1-2H3. The maximum Gasteiger partial charge on any atom is 0.0744 e. The van der Waals surface area contributed by atoms with E-state index in [0.29, 0.717) is 0 Å². The van der Waals surface area contributed by atoms with Gasteiger partial charge in [0.2, 0.25) is 0 Å². The van der Waals surface area contributed by atoms with E-state index in [1.807, 2.05) is 12.2 Å². The highest BCUT2D eigenvalue weighted by molar-refractivity contribution is 5.04. The Morgan fingerprint density at radius 3 is 1.73 bits per heavy atom. The number of aliphatic hydroxyl groups is 1. The third-order valence-electron chi connectivity index (χ3n) is 3.05. The first-order valence-electron chi connectivity index (χ1n) is 6.12. The van der Waals surface area contributed by atoms with Crippen molar-refractivity contribution in [2.45, 2.75) is 58.0 Å². The van der Waals surface area contributed by atoms with Crippen LogP contribution < -0.4 is 0 Å². The van der Waals surface area contributed by atoms with Crippen molar-refractivity contribution in [2.75, 3.05) is 0 Å². The molecule has 0 unspecified atom stereocenters. The lowest BCUT2D eigenvalue weighted by atomic mass is 9.79. The van der Waals surface area contributed by atoms with Crippen molar-refractivity contribution in [1.29, 1.82) is 0 Å². The number of hydrogen-bond acceptors (Lipinski definition) is 1. The average Bonchev–Trinajstić information content (AvgIpc) is 2.25. The summed E-state index contributed by atoms with van der Waals surface area (Å²) in [6.45, 7) is 11.9. The first kappa shape index (κ1) is 14.4. The zero-order chi connectivity index (χ0) is 11.7. The van der Waals surface area contributed by atoms with Gasteiger partial charge in [0.05, 0.1) is 5.60 Å². The molecule has 0 saturated heterocycles. The van der Waals surface area contributed by atoms with E-state index in [2.05, 4.69) is 27.0 Å². The lowest BCUT2D eigenvalue weighted by Crippen LogP contribution is -2.35. The Morgan fingerprint density at radius 2 is 1.47 bits per heavy atom. The molecule has 0 rings (SSSR count). The summed E-state index contributed by atoms with van der Waals surface area (Å²) in [6, 6.07) is 0. The molecule has 1 N–H and O–H groups in total. The normalized spacial score (nSPS) is 11.7. The minimum absolute atomic E-state index is 0.0237. The Hall–Kier alpha value is -0.560. The average molecular weight is 210 g/mol. The van der Waals surface area contributed by atoms with E-state index in [9.17, 15) is 5.11 Å². The lowest BCUT2D eigenvalue weighted by molar-refractivity contribution is -0.00500. The highest BCUT2D eigenvalue weighted by atomic mass is 16.3. The Kier molecular flexibility index (Phi) is 7.41. The second-order valence-electron chi connectivity index (χ2n) is 4.31. The Morgan fingerprint density at radius 1 is 1.07 bits per heavy atom. The molecule has 0 aromatic carbocycles. The van der Waals surface area contributed by atoms with E-state index in [0.717, 1.165) is 38.5 Å². The van der Waals surface area contributed by atoms with Crippen molar-refractivity contribution >= 4 is 0 Å². The van der Waals surface area contributed by atoms with Crippen LogP contribution in [0.15, 0.2) is 25.3 Å². The van der Waals surface area contributed by atoms with Crippen LogP contribution in [-0.4, -0.2) is 10.7 Å². The zero-order valence-corrected chi connectivity index (χ0v) is 10.3. The Bertz CT molecular complexity index is 168. The molecule has 0 aliphatic rings. The van der Waals surface area contributed by atoms with E-state index in [1.54, 1.807) is 0 Å². The molecule has 0 aromatic heterocycles. The number of unbranched alkanes of at least 4 members (excludes halogenated alkanes) is 2. The molecule has 0 heterocycles. The summed E-state index contributed by atoms with van der Waals surface area (Å²) in [7, 11) is 0. The second-order valence-corrected chi connectivity index (χ2v) is 4.31. The Balaban J connectivity index is 4.49. The van der Waals surface area contributed by atoms with E-state index < -0.39 is 5.60 Å². The molecule has 0 amide bonds. The molecule has 1 nitrogen and oxygen atoms in total. The van der Waals surface area contributed by atoms with Crippen LogP contribution in [0.1, 0.15) is 52.4 Å². The van der Waals surface area contributed by atoms with Crippen LogP contribution in [0.4, 0.5) is 0 Å². The third-order valence-corrected chi connectivity index (χ3v) is 3.05. The summed E-state index contributed by atoms with van der Waals surface area (Å²) in [5.74, 6) is 0.0237. The highest BCUT2D eigenvalue weighted by Crippen LogP contribution is 2.31. The fourth-order valence-corrected chi connectivity index (χ4v) is 1.96. The minimum atomic E-state index is -0.616. The predicted molar refractivity (Wildman–Crippen MR) is 67.9 cm³/mol. The molecular formula is C14H26O. The highest BCUT2D eigenvalue weighted by Gasteiger charge is 2.31. The smallest absolute Gasteiger partial charge is 0.0744 e. The fourth-order valence-electron chi connectivity index (χ4n) is 1.96. The van der Waals surface area contributed by atoms with Gasteiger partial charge in [0.15, 0.2) is 0 Å². The SMILES string of the molecule is C=CC(C=C)C(O)(CCCC)CCCC. The van der Waals surface area contributed by atoms with E-state index >= 15 is 0 Å². The predicted octanol–water partition coefficient (Wildman–Crippen LogP) is 4.09. The van der Waals surface area contributed by atoms with Gasteiger partial charge in [-0.3, -0.25) is 0 Å². The van der Waals surface area contributed by atoms with Gasteiger partial charge in [0, 0.05) is 5.92 Å². The van der Waals surface area contributed by atoms with Crippen LogP contribution in [-0.2, 0) is 0 Å². The maximum absolute atomic E-state index is 10.6. The molecule has 0 aliphatic carbocycles. The topological polar surface area (TPSA) is 20.2 Å². The summed E-state index contributed by atoms with van der Waals surface area (Å²) < 4.78 is 0. The summed E-state index contributed by atoms with van der Waals surface area (Å²) >= 11 is 0. The molecular weight excluding hydrogens is 184 g/mol. The van der Waals surface area contributed by atoms with Crippen molar-refractivity contribution in [3.63, 3.8) is 0 Å². The third kappa shape index (κ3) is 4.65. The van der Waals surface area contributed by atoms with Crippen LogP contribution in [0.25, 0.3) is 0 Å². The molecule has 88 valence electrons. The minimum Gasteiger partial charge on any atom is -0.389 e. The molecule has 0 atom stereocenters. The van der Waals surface area contributed by atoms with Gasteiger partial charge in [0.1, 0.15) is 0 Å². The van der Waals surface area contributed by atoms with Crippen molar-refractivity contribution in [3.8, 4) is 0 Å². The van der Waals surface area contributed by atoms with Crippen LogP contribution in [0.2, 0.25) is 0 Å². The molecule has 0 aromatic rings. The second kappa shape index (κ2) is 7.70. The first-order valence-corrected chi connectivity index (χ1v) is 6.12. The molecule has 0 saturated carbocycles. The van der Waals surface area contributed by atoms with Crippen LogP contribution in [0.5, 0.6) is 0 Å². The molecule has 15 heavy (non-hydrogen) atoms. The molecule has 0 aliphatic heterocycles. The van der Waals surface area contributed by atoms with Gasteiger partial charge >= 0.3 is 0 Å². The molecule has 0 bridgehead atoms. The summed E-state index contributed by atoms with van der Waals surface area (Å²) in [6.07, 6.45) is 9.72. The van der Waals surface area contributed by atoms with E-state index in [1.165, 1.54) is 0 Å². The van der Waals surface area contributed by atoms with Gasteiger partial charge in [-0.05, 0) is 12.8 Å². The lowest BCUT2D eigenvalue weighted by Gasteiger charge is -2.33. The summed E-state index contributed by atoms with van der Waals surface area (Å²) in [5, 5.41) is 10.6. The first-order chi connectivity index (χ1) is 7.14. The van der Waals surface area contributed by atoms with Gasteiger partial charge in [-0.15, -0.1) is 13.2 Å².